The van der Waals surface area contributed by atoms with Crippen molar-refractivity contribution in [2.24, 2.45) is 0 Å². The van der Waals surface area contributed by atoms with Crippen LogP contribution in [0.2, 0.25) is 10.0 Å². The molecule has 2 heterocycles. The van der Waals surface area contributed by atoms with Crippen molar-refractivity contribution in [3.63, 3.8) is 0 Å². The van der Waals surface area contributed by atoms with Gasteiger partial charge in [0, 0.05) is 65.5 Å². The highest BCUT2D eigenvalue weighted by Gasteiger charge is 2.14. The summed E-state index contributed by atoms with van der Waals surface area (Å²) in [5, 5.41) is 6.91. The molecule has 14 nitrogen and oxygen atoms in total. The van der Waals surface area contributed by atoms with Crippen LogP contribution < -0.4 is 20.1 Å². The second kappa shape index (κ2) is 17.9. The highest BCUT2D eigenvalue weighted by atomic mass is 35.5. The van der Waals surface area contributed by atoms with Crippen LogP contribution in [0, 0.1) is 21.2 Å². The third-order valence-corrected chi connectivity index (χ3v) is 9.88. The molecule has 0 bridgehead atoms. The molecule has 6 aromatic rings. The standard InChI is InChI=1S/2C18H17ClFN5O2S/c2*1-27-16-8-12(20)3-5-14(16)17-22-10-23-18(25-17)24-13-4-6-15(19)11(7-13)9-28(2,21)26/h2*3-8,10,21H,9H2,1-2H3,(H,22,23,24,25). The van der Waals surface area contributed by atoms with Gasteiger partial charge in [-0.2, -0.15) is 9.97 Å². The molecule has 0 spiro atoms. The molecule has 0 aliphatic rings. The molecule has 2 aromatic heterocycles. The van der Waals surface area contributed by atoms with E-state index in [1.165, 1.54) is 75.8 Å². The van der Waals surface area contributed by atoms with E-state index in [0.717, 1.165) is 0 Å². The predicted molar refractivity (Wildman–Crippen MR) is 214 cm³/mol. The SMILES string of the molecule is COc1cc(F)ccc1-c1ncnc(Nc2ccc(Cl)c(CS(C)(=N)=O)c2)n1.COc1cc(F)ccc1-c1ncnc(Nc2ccc(Cl)c(CS(C)(=N)=O)c2)n1. The Balaban J connectivity index is 0.000000214. The number of nitrogens with zero attached hydrogens (tertiary/aromatic N) is 6. The minimum absolute atomic E-state index is 0.0383. The molecule has 0 saturated carbocycles. The van der Waals surface area contributed by atoms with E-state index in [-0.39, 0.29) is 23.4 Å². The first-order valence-electron chi connectivity index (χ1n) is 16.1. The third kappa shape index (κ3) is 11.7. The van der Waals surface area contributed by atoms with Gasteiger partial charge in [-0.3, -0.25) is 9.56 Å². The van der Waals surface area contributed by atoms with Gasteiger partial charge in [-0.25, -0.2) is 37.1 Å². The molecule has 2 atom stereocenters. The fraction of sp³-hybridized carbons (Fsp3) is 0.167. The Morgan fingerprint density at radius 3 is 1.38 bits per heavy atom. The zero-order valence-electron chi connectivity index (χ0n) is 30.1. The summed E-state index contributed by atoms with van der Waals surface area (Å²) in [6.45, 7) is 0. The van der Waals surface area contributed by atoms with Crippen LogP contribution in [-0.4, -0.2) is 65.1 Å². The van der Waals surface area contributed by atoms with E-state index in [1.54, 1.807) is 36.4 Å². The normalized spacial score (nSPS) is 13.0. The summed E-state index contributed by atoms with van der Waals surface area (Å²) < 4.78 is 76.0. The van der Waals surface area contributed by atoms with Crippen molar-refractivity contribution in [3.8, 4) is 34.3 Å². The maximum absolute atomic E-state index is 13.4. The van der Waals surface area contributed by atoms with E-state index in [2.05, 4.69) is 40.5 Å². The lowest BCUT2D eigenvalue weighted by atomic mass is 10.2. The number of hydrogen-bond acceptors (Lipinski definition) is 14. The van der Waals surface area contributed by atoms with E-state index < -0.39 is 31.1 Å². The lowest BCUT2D eigenvalue weighted by Gasteiger charge is -2.11. The number of hydrogen-bond donors (Lipinski definition) is 4. The molecular formula is C36H34Cl2F2N10O4S2. The molecule has 0 fully saturated rings. The largest absolute Gasteiger partial charge is 0.496 e. The van der Waals surface area contributed by atoms with Crippen LogP contribution >= 0.6 is 23.2 Å². The van der Waals surface area contributed by atoms with Gasteiger partial charge in [-0.05, 0) is 71.8 Å². The summed E-state index contributed by atoms with van der Waals surface area (Å²) in [5.74, 6) is 0.969. The number of halogens is 4. The molecule has 292 valence electrons. The average molecular weight is 844 g/mol. The zero-order chi connectivity index (χ0) is 40.6. The van der Waals surface area contributed by atoms with Crippen LogP contribution in [-0.2, 0) is 31.0 Å². The highest BCUT2D eigenvalue weighted by molar-refractivity contribution is 7.91. The van der Waals surface area contributed by atoms with Crippen molar-refractivity contribution < 1.29 is 26.7 Å². The van der Waals surface area contributed by atoms with E-state index in [0.29, 0.717) is 66.8 Å². The zero-order valence-corrected chi connectivity index (χ0v) is 33.3. The number of rotatable bonds is 12. The van der Waals surface area contributed by atoms with Crippen LogP contribution in [0.15, 0.2) is 85.5 Å². The Bertz CT molecular complexity index is 2430. The van der Waals surface area contributed by atoms with Crippen molar-refractivity contribution in [2.75, 3.05) is 37.4 Å². The molecule has 2 unspecified atom stereocenters. The molecule has 6 rings (SSSR count). The van der Waals surface area contributed by atoms with Gasteiger partial charge < -0.3 is 20.1 Å². The van der Waals surface area contributed by atoms with Gasteiger partial charge >= 0.3 is 0 Å². The van der Waals surface area contributed by atoms with Gasteiger partial charge in [0.05, 0.1) is 36.9 Å². The number of aromatic nitrogens is 6. The van der Waals surface area contributed by atoms with Crippen LogP contribution in [0.3, 0.4) is 0 Å². The smallest absolute Gasteiger partial charge is 0.230 e. The summed E-state index contributed by atoms with van der Waals surface area (Å²) in [6.07, 6.45) is 5.37. The number of nitrogens with one attached hydrogen (secondary N) is 4. The highest BCUT2D eigenvalue weighted by Crippen LogP contribution is 2.31. The monoisotopic (exact) mass is 842 g/mol. The Labute approximate surface area is 332 Å². The summed E-state index contributed by atoms with van der Waals surface area (Å²) >= 11 is 12.3. The van der Waals surface area contributed by atoms with Gasteiger partial charge in [-0.1, -0.05) is 23.2 Å². The Morgan fingerprint density at radius 1 is 0.625 bits per heavy atom. The minimum Gasteiger partial charge on any atom is -0.496 e. The molecule has 56 heavy (non-hydrogen) atoms. The van der Waals surface area contributed by atoms with Gasteiger partial charge in [0.15, 0.2) is 11.6 Å². The summed E-state index contributed by atoms with van der Waals surface area (Å²) in [5.41, 5.74) is 3.45. The van der Waals surface area contributed by atoms with Crippen molar-refractivity contribution >= 4 is 65.9 Å². The lowest BCUT2D eigenvalue weighted by molar-refractivity contribution is 0.412. The van der Waals surface area contributed by atoms with E-state index >= 15 is 0 Å². The van der Waals surface area contributed by atoms with Crippen LogP contribution in [0.5, 0.6) is 11.5 Å². The maximum atomic E-state index is 13.4. The van der Waals surface area contributed by atoms with E-state index in [4.69, 9.17) is 42.2 Å². The minimum atomic E-state index is -2.74. The Hall–Kier alpha value is -5.56. The molecule has 0 radical (unpaired) electrons. The number of anilines is 4. The predicted octanol–water partition coefficient (Wildman–Crippen LogP) is 8.52. The number of methoxy groups -OCH3 is 2. The van der Waals surface area contributed by atoms with Gasteiger partial charge in [0.1, 0.15) is 35.8 Å². The first-order valence-corrected chi connectivity index (χ1v) is 21.1. The second-order valence-corrected chi connectivity index (χ2v) is 17.5. The van der Waals surface area contributed by atoms with Crippen LogP contribution in [0.25, 0.3) is 22.8 Å². The molecule has 20 heteroatoms. The number of ether oxygens (including phenoxy) is 2. The molecule has 0 aliphatic heterocycles. The molecule has 4 aromatic carbocycles. The Morgan fingerprint density at radius 2 is 1.02 bits per heavy atom. The Kier molecular flexibility index (Phi) is 13.3. The van der Waals surface area contributed by atoms with Crippen LogP contribution in [0.4, 0.5) is 32.1 Å². The molecule has 0 amide bonds. The summed E-state index contributed by atoms with van der Waals surface area (Å²) in [7, 11) is -2.61. The first kappa shape index (κ1) is 41.6. The maximum Gasteiger partial charge on any atom is 0.230 e. The topological polar surface area (TPSA) is 202 Å². The third-order valence-electron chi connectivity index (χ3n) is 7.42. The second-order valence-electron chi connectivity index (χ2n) is 12.1. The average Bonchev–Trinajstić information content (AvgIpc) is 3.13. The van der Waals surface area contributed by atoms with Crippen molar-refractivity contribution in [2.45, 2.75) is 11.5 Å². The summed E-state index contributed by atoms with van der Waals surface area (Å²) in [4.78, 5) is 25.1. The van der Waals surface area contributed by atoms with Gasteiger partial charge in [-0.15, -0.1) is 0 Å². The fourth-order valence-electron chi connectivity index (χ4n) is 5.05. The molecule has 4 N–H and O–H groups in total. The van der Waals surface area contributed by atoms with Crippen molar-refractivity contribution in [1.82, 2.24) is 29.9 Å². The molecular weight excluding hydrogens is 809 g/mol. The van der Waals surface area contributed by atoms with E-state index in [9.17, 15) is 17.2 Å². The quantitative estimate of drug-likeness (QED) is 0.0916. The van der Waals surface area contributed by atoms with Crippen LogP contribution in [0.1, 0.15) is 11.1 Å². The van der Waals surface area contributed by atoms with Crippen molar-refractivity contribution in [1.29, 1.82) is 9.56 Å². The fourth-order valence-corrected chi connectivity index (χ4v) is 7.24. The number of benzene rings is 4. The van der Waals surface area contributed by atoms with E-state index in [1.807, 2.05) is 0 Å². The molecule has 0 saturated heterocycles. The summed E-state index contributed by atoms with van der Waals surface area (Å²) in [6, 6.07) is 18.3. The first-order chi connectivity index (χ1) is 26.5. The molecule has 0 aliphatic carbocycles. The van der Waals surface area contributed by atoms with Crippen molar-refractivity contribution in [3.05, 3.63) is 118 Å². The van der Waals surface area contributed by atoms with Gasteiger partial charge in [0.2, 0.25) is 11.9 Å². The lowest BCUT2D eigenvalue weighted by Crippen LogP contribution is -2.03. The van der Waals surface area contributed by atoms with Gasteiger partial charge in [0.25, 0.3) is 0 Å².